The molecule has 1 fully saturated rings. The second-order valence-electron chi connectivity index (χ2n) is 7.61. The average molecular weight is 288 g/mol. The summed E-state index contributed by atoms with van der Waals surface area (Å²) in [7, 11) is 0. The van der Waals surface area contributed by atoms with Crippen LogP contribution in [0.3, 0.4) is 0 Å². The second-order valence-corrected chi connectivity index (χ2v) is 7.61. The van der Waals surface area contributed by atoms with E-state index in [1.54, 1.807) is 0 Å². The van der Waals surface area contributed by atoms with Crippen molar-refractivity contribution < 1.29 is 0 Å². The first-order valence-electron chi connectivity index (χ1n) is 8.44. The molecule has 1 saturated heterocycles. The van der Waals surface area contributed by atoms with Gasteiger partial charge in [-0.05, 0) is 77.1 Å². The zero-order valence-electron chi connectivity index (χ0n) is 14.7. The molecule has 2 nitrogen and oxygen atoms in total. The van der Waals surface area contributed by atoms with Crippen LogP contribution in [0.15, 0.2) is 18.2 Å². The zero-order chi connectivity index (χ0) is 15.6. The molecule has 1 aromatic carbocycles. The van der Waals surface area contributed by atoms with E-state index in [0.29, 0.717) is 6.04 Å². The molecule has 2 unspecified atom stereocenters. The lowest BCUT2D eigenvalue weighted by Gasteiger charge is -2.31. The van der Waals surface area contributed by atoms with Crippen LogP contribution in [0.25, 0.3) is 0 Å². The molecule has 1 aromatic rings. The minimum atomic E-state index is 0.169. The molecule has 118 valence electrons. The Morgan fingerprint density at radius 2 is 1.95 bits per heavy atom. The summed E-state index contributed by atoms with van der Waals surface area (Å²) in [5.74, 6) is 0. The number of hydrogen-bond donors (Lipinski definition) is 1. The first kappa shape index (κ1) is 16.4. The van der Waals surface area contributed by atoms with E-state index in [9.17, 15) is 0 Å². The van der Waals surface area contributed by atoms with Crippen LogP contribution in [0.2, 0.25) is 0 Å². The van der Waals surface area contributed by atoms with Crippen molar-refractivity contribution in [3.8, 4) is 0 Å². The van der Waals surface area contributed by atoms with Crippen molar-refractivity contribution in [2.24, 2.45) is 0 Å². The highest BCUT2D eigenvalue weighted by molar-refractivity contribution is 5.53. The highest BCUT2D eigenvalue weighted by atomic mass is 15.2. The van der Waals surface area contributed by atoms with Gasteiger partial charge in [0.1, 0.15) is 0 Å². The van der Waals surface area contributed by atoms with Gasteiger partial charge >= 0.3 is 0 Å². The predicted molar refractivity (Wildman–Crippen MR) is 93.0 cm³/mol. The van der Waals surface area contributed by atoms with Gasteiger partial charge in [-0.15, -0.1) is 0 Å². The summed E-state index contributed by atoms with van der Waals surface area (Å²) in [6.07, 6.45) is 3.91. The van der Waals surface area contributed by atoms with E-state index in [-0.39, 0.29) is 5.54 Å². The lowest BCUT2D eigenvalue weighted by molar-refractivity contribution is 0.424. The van der Waals surface area contributed by atoms with Crippen molar-refractivity contribution >= 4 is 5.69 Å². The van der Waals surface area contributed by atoms with Crippen LogP contribution in [0, 0.1) is 6.92 Å². The third-order valence-electron chi connectivity index (χ3n) is 4.69. The molecule has 2 heteroatoms. The van der Waals surface area contributed by atoms with E-state index in [0.717, 1.165) is 12.6 Å². The van der Waals surface area contributed by atoms with E-state index in [1.165, 1.54) is 36.1 Å². The molecule has 0 bridgehead atoms. The minimum Gasteiger partial charge on any atom is -0.366 e. The van der Waals surface area contributed by atoms with Crippen LogP contribution < -0.4 is 10.2 Å². The molecule has 0 aromatic heterocycles. The SMILES string of the molecule is CCC1CCC(C)N1c1ccc(CNC(C)(C)C)c(C)c1. The highest BCUT2D eigenvalue weighted by Crippen LogP contribution is 2.33. The Hall–Kier alpha value is -1.02. The first-order chi connectivity index (χ1) is 9.81. The number of nitrogens with zero attached hydrogens (tertiary/aromatic N) is 1. The summed E-state index contributed by atoms with van der Waals surface area (Å²) in [5, 5.41) is 3.58. The normalized spacial score (nSPS) is 22.9. The number of nitrogens with one attached hydrogen (secondary N) is 1. The number of anilines is 1. The summed E-state index contributed by atoms with van der Waals surface area (Å²) in [5.41, 5.74) is 4.39. The summed E-state index contributed by atoms with van der Waals surface area (Å²) < 4.78 is 0. The van der Waals surface area contributed by atoms with Gasteiger partial charge in [-0.3, -0.25) is 0 Å². The lowest BCUT2D eigenvalue weighted by atomic mass is 10.0. The fraction of sp³-hybridized carbons (Fsp3) is 0.684. The summed E-state index contributed by atoms with van der Waals surface area (Å²) in [6, 6.07) is 8.40. The molecule has 2 atom stereocenters. The molecule has 1 aliphatic heterocycles. The summed E-state index contributed by atoms with van der Waals surface area (Å²) >= 11 is 0. The number of hydrogen-bond acceptors (Lipinski definition) is 2. The van der Waals surface area contributed by atoms with Gasteiger partial charge in [0.15, 0.2) is 0 Å². The monoisotopic (exact) mass is 288 g/mol. The Morgan fingerprint density at radius 1 is 1.24 bits per heavy atom. The van der Waals surface area contributed by atoms with Gasteiger partial charge in [-0.2, -0.15) is 0 Å². The van der Waals surface area contributed by atoms with Gasteiger partial charge < -0.3 is 10.2 Å². The second kappa shape index (κ2) is 6.39. The van der Waals surface area contributed by atoms with E-state index in [2.05, 4.69) is 70.0 Å². The smallest absolute Gasteiger partial charge is 0.0373 e. The van der Waals surface area contributed by atoms with Crippen LogP contribution >= 0.6 is 0 Å². The predicted octanol–water partition coefficient (Wildman–Crippen LogP) is 4.65. The molecule has 21 heavy (non-hydrogen) atoms. The molecule has 1 N–H and O–H groups in total. The van der Waals surface area contributed by atoms with Crippen molar-refractivity contribution in [2.75, 3.05) is 4.90 Å². The van der Waals surface area contributed by atoms with E-state index >= 15 is 0 Å². The number of benzene rings is 1. The van der Waals surface area contributed by atoms with E-state index < -0.39 is 0 Å². The molecule has 0 amide bonds. The summed E-state index contributed by atoms with van der Waals surface area (Å²) in [6.45, 7) is 14.5. The lowest BCUT2D eigenvalue weighted by Crippen LogP contribution is -2.35. The maximum Gasteiger partial charge on any atom is 0.0373 e. The molecule has 1 heterocycles. The number of rotatable bonds is 4. The largest absolute Gasteiger partial charge is 0.366 e. The minimum absolute atomic E-state index is 0.169. The van der Waals surface area contributed by atoms with Crippen LogP contribution in [-0.4, -0.2) is 17.6 Å². The average Bonchev–Trinajstić information content (AvgIpc) is 2.77. The van der Waals surface area contributed by atoms with E-state index in [1.807, 2.05) is 0 Å². The fourth-order valence-electron chi connectivity index (χ4n) is 3.34. The third kappa shape index (κ3) is 4.00. The number of aryl methyl sites for hydroxylation is 1. The molecular formula is C19H32N2. The van der Waals surface area contributed by atoms with Gasteiger partial charge in [0, 0.05) is 29.9 Å². The maximum atomic E-state index is 3.58. The van der Waals surface area contributed by atoms with Crippen LogP contribution in [0.4, 0.5) is 5.69 Å². The molecule has 2 rings (SSSR count). The van der Waals surface area contributed by atoms with E-state index in [4.69, 9.17) is 0 Å². The van der Waals surface area contributed by atoms with Gasteiger partial charge in [0.2, 0.25) is 0 Å². The van der Waals surface area contributed by atoms with Crippen molar-refractivity contribution in [3.63, 3.8) is 0 Å². The van der Waals surface area contributed by atoms with Gasteiger partial charge in [0.05, 0.1) is 0 Å². The van der Waals surface area contributed by atoms with Crippen LogP contribution in [0.5, 0.6) is 0 Å². The fourth-order valence-corrected chi connectivity index (χ4v) is 3.34. The van der Waals surface area contributed by atoms with Crippen molar-refractivity contribution in [3.05, 3.63) is 29.3 Å². The Labute approximate surface area is 130 Å². The topological polar surface area (TPSA) is 15.3 Å². The Bertz CT molecular complexity index is 473. The molecule has 0 aliphatic carbocycles. The molecule has 0 spiro atoms. The maximum absolute atomic E-state index is 3.58. The molecular weight excluding hydrogens is 256 g/mol. The quantitative estimate of drug-likeness (QED) is 0.867. The Kier molecular flexibility index (Phi) is 4.98. The van der Waals surface area contributed by atoms with Gasteiger partial charge in [0.25, 0.3) is 0 Å². The third-order valence-corrected chi connectivity index (χ3v) is 4.69. The molecule has 0 radical (unpaired) electrons. The summed E-state index contributed by atoms with van der Waals surface area (Å²) in [4.78, 5) is 2.63. The Morgan fingerprint density at radius 3 is 2.52 bits per heavy atom. The van der Waals surface area contributed by atoms with Crippen molar-refractivity contribution in [1.82, 2.24) is 5.32 Å². The Balaban J connectivity index is 2.15. The standard InChI is InChI=1S/C19H32N2/c1-7-17-10-8-15(3)21(17)18-11-9-16(14(2)12-18)13-20-19(4,5)6/h9,11-12,15,17,20H,7-8,10,13H2,1-6H3. The van der Waals surface area contributed by atoms with Gasteiger partial charge in [-0.25, -0.2) is 0 Å². The zero-order valence-corrected chi connectivity index (χ0v) is 14.7. The molecule has 0 saturated carbocycles. The highest BCUT2D eigenvalue weighted by Gasteiger charge is 2.29. The molecule has 1 aliphatic rings. The van der Waals surface area contributed by atoms with Crippen molar-refractivity contribution in [2.45, 2.75) is 85.0 Å². The van der Waals surface area contributed by atoms with Crippen LogP contribution in [-0.2, 0) is 6.54 Å². The first-order valence-corrected chi connectivity index (χ1v) is 8.44. The van der Waals surface area contributed by atoms with Crippen molar-refractivity contribution in [1.29, 1.82) is 0 Å². The van der Waals surface area contributed by atoms with Crippen LogP contribution in [0.1, 0.15) is 65.0 Å². The van der Waals surface area contributed by atoms with Gasteiger partial charge in [-0.1, -0.05) is 13.0 Å².